The summed E-state index contributed by atoms with van der Waals surface area (Å²) in [7, 11) is 1.98. The van der Waals surface area contributed by atoms with Crippen LogP contribution < -0.4 is 11.2 Å². The first-order valence-corrected chi connectivity index (χ1v) is 4.24. The Kier molecular flexibility index (Phi) is 2.91. The van der Waals surface area contributed by atoms with Crippen molar-refractivity contribution in [1.29, 1.82) is 0 Å². The number of hydrogen-bond donors (Lipinski definition) is 2. The van der Waals surface area contributed by atoms with E-state index in [9.17, 15) is 4.79 Å². The third-order valence-electron chi connectivity index (χ3n) is 2.19. The molecule has 1 heterocycles. The minimum absolute atomic E-state index is 0.661. The molecule has 76 valence electrons. The third kappa shape index (κ3) is 2.12. The molecule has 5 nitrogen and oxygen atoms in total. The number of hydrogen-bond acceptors (Lipinski definition) is 2. The summed E-state index contributed by atoms with van der Waals surface area (Å²) >= 11 is 0. The Labute approximate surface area is 82.6 Å². The molecule has 0 radical (unpaired) electrons. The van der Waals surface area contributed by atoms with Crippen LogP contribution in [0.1, 0.15) is 17.0 Å². The highest BCUT2D eigenvalue weighted by molar-refractivity contribution is 5.83. The zero-order chi connectivity index (χ0) is 10.7. The molecule has 0 spiro atoms. The average Bonchev–Trinajstić information content (AvgIpc) is 2.33. The fourth-order valence-corrected chi connectivity index (χ4v) is 1.18. The van der Waals surface area contributed by atoms with Crippen LogP contribution in [0.3, 0.4) is 0 Å². The van der Waals surface area contributed by atoms with Crippen molar-refractivity contribution in [2.24, 2.45) is 17.9 Å². The molecule has 1 rings (SSSR count). The summed E-state index contributed by atoms with van der Waals surface area (Å²) in [4.78, 5) is 10.3. The van der Waals surface area contributed by atoms with Crippen LogP contribution in [0.4, 0.5) is 4.79 Å². The Morgan fingerprint density at radius 1 is 1.64 bits per heavy atom. The van der Waals surface area contributed by atoms with Crippen LogP contribution in [0.15, 0.2) is 11.2 Å². The summed E-state index contributed by atoms with van der Waals surface area (Å²) in [6.45, 7) is 3.99. The second-order valence-corrected chi connectivity index (χ2v) is 3.12. The van der Waals surface area contributed by atoms with Crippen LogP contribution in [0.25, 0.3) is 0 Å². The van der Waals surface area contributed by atoms with E-state index in [2.05, 4.69) is 10.5 Å². The SMILES string of the molecule is Cc1cc(/C=N\NC(N)=O)c(C)n1C. The van der Waals surface area contributed by atoms with E-state index < -0.39 is 6.03 Å². The van der Waals surface area contributed by atoms with E-state index in [0.717, 1.165) is 17.0 Å². The van der Waals surface area contributed by atoms with Crippen molar-refractivity contribution in [3.8, 4) is 0 Å². The van der Waals surface area contributed by atoms with Crippen LogP contribution in [-0.4, -0.2) is 16.8 Å². The number of amides is 2. The molecular formula is C9H14N4O. The molecule has 0 atom stereocenters. The Morgan fingerprint density at radius 3 is 2.71 bits per heavy atom. The highest BCUT2D eigenvalue weighted by Gasteiger charge is 2.02. The van der Waals surface area contributed by atoms with Crippen molar-refractivity contribution in [3.63, 3.8) is 0 Å². The molecule has 5 heteroatoms. The van der Waals surface area contributed by atoms with Crippen molar-refractivity contribution in [2.75, 3.05) is 0 Å². The Morgan fingerprint density at radius 2 is 2.29 bits per heavy atom. The van der Waals surface area contributed by atoms with E-state index in [-0.39, 0.29) is 0 Å². The van der Waals surface area contributed by atoms with Crippen molar-refractivity contribution < 1.29 is 4.79 Å². The number of hydrazone groups is 1. The molecule has 14 heavy (non-hydrogen) atoms. The third-order valence-corrected chi connectivity index (χ3v) is 2.19. The molecule has 0 unspecified atom stereocenters. The van der Waals surface area contributed by atoms with Crippen molar-refractivity contribution in [2.45, 2.75) is 13.8 Å². The zero-order valence-electron chi connectivity index (χ0n) is 8.53. The lowest BCUT2D eigenvalue weighted by molar-refractivity contribution is 0.249. The first-order chi connectivity index (χ1) is 6.52. The number of nitrogens with zero attached hydrogens (tertiary/aromatic N) is 2. The highest BCUT2D eigenvalue weighted by Crippen LogP contribution is 2.10. The van der Waals surface area contributed by atoms with Crippen LogP contribution >= 0.6 is 0 Å². The quantitative estimate of drug-likeness (QED) is 0.526. The van der Waals surface area contributed by atoms with Crippen molar-refractivity contribution >= 4 is 12.2 Å². The first-order valence-electron chi connectivity index (χ1n) is 4.24. The van der Waals surface area contributed by atoms with E-state index in [4.69, 9.17) is 5.73 Å². The van der Waals surface area contributed by atoms with Gasteiger partial charge in [0, 0.05) is 24.0 Å². The Balaban J connectivity index is 2.82. The van der Waals surface area contributed by atoms with Gasteiger partial charge in [0.1, 0.15) is 0 Å². The Bertz CT molecular complexity index is 378. The van der Waals surface area contributed by atoms with Crippen LogP contribution in [-0.2, 0) is 7.05 Å². The summed E-state index contributed by atoms with van der Waals surface area (Å²) < 4.78 is 2.05. The number of rotatable bonds is 2. The summed E-state index contributed by atoms with van der Waals surface area (Å²) in [5.74, 6) is 0. The van der Waals surface area contributed by atoms with Gasteiger partial charge in [0.05, 0.1) is 6.21 Å². The molecule has 0 fully saturated rings. The highest BCUT2D eigenvalue weighted by atomic mass is 16.2. The second kappa shape index (κ2) is 3.95. The lowest BCUT2D eigenvalue weighted by atomic mass is 10.3. The van der Waals surface area contributed by atoms with E-state index >= 15 is 0 Å². The number of nitrogens with two attached hydrogens (primary N) is 1. The summed E-state index contributed by atoms with van der Waals surface area (Å²) in [6, 6.07) is 1.33. The summed E-state index contributed by atoms with van der Waals surface area (Å²) in [6.07, 6.45) is 1.58. The molecule has 3 N–H and O–H groups in total. The lowest BCUT2D eigenvalue weighted by Crippen LogP contribution is -2.24. The minimum atomic E-state index is -0.661. The van der Waals surface area contributed by atoms with Gasteiger partial charge in [0.25, 0.3) is 0 Å². The number of nitrogens with one attached hydrogen (secondary N) is 1. The zero-order valence-corrected chi connectivity index (χ0v) is 8.53. The van der Waals surface area contributed by atoms with Gasteiger partial charge in [0.2, 0.25) is 0 Å². The van der Waals surface area contributed by atoms with E-state index in [1.165, 1.54) is 0 Å². The standard InChI is InChI=1S/C9H14N4O/c1-6-4-8(7(2)13(6)3)5-11-12-9(10)14/h4-5H,1-3H3,(H3,10,12,14)/b11-5-. The van der Waals surface area contributed by atoms with Gasteiger partial charge in [-0.1, -0.05) is 0 Å². The maximum absolute atomic E-state index is 10.3. The summed E-state index contributed by atoms with van der Waals surface area (Å²) in [5.41, 5.74) is 10.2. The van der Waals surface area contributed by atoms with Crippen LogP contribution in [0.2, 0.25) is 0 Å². The predicted octanol–water partition coefficient (Wildman–Crippen LogP) is 0.644. The molecule has 1 aromatic rings. The number of carbonyl (C=O) groups excluding carboxylic acids is 1. The molecule has 0 aliphatic heterocycles. The van der Waals surface area contributed by atoms with Crippen molar-refractivity contribution in [1.82, 2.24) is 9.99 Å². The molecule has 1 aromatic heterocycles. The maximum Gasteiger partial charge on any atom is 0.332 e. The molecule has 0 bridgehead atoms. The number of primary amides is 1. The molecular weight excluding hydrogens is 180 g/mol. The van der Waals surface area contributed by atoms with Crippen LogP contribution in [0.5, 0.6) is 0 Å². The monoisotopic (exact) mass is 194 g/mol. The maximum atomic E-state index is 10.3. The lowest BCUT2D eigenvalue weighted by Gasteiger charge is -1.98. The van der Waals surface area contributed by atoms with Gasteiger partial charge in [0.15, 0.2) is 0 Å². The Hall–Kier alpha value is -1.78. The smallest absolute Gasteiger partial charge is 0.332 e. The van der Waals surface area contributed by atoms with Gasteiger partial charge in [-0.25, -0.2) is 10.2 Å². The molecule has 0 aliphatic carbocycles. The topological polar surface area (TPSA) is 72.4 Å². The number of carbonyl (C=O) groups is 1. The van der Waals surface area contributed by atoms with Gasteiger partial charge in [-0.3, -0.25) is 0 Å². The van der Waals surface area contributed by atoms with E-state index in [0.29, 0.717) is 0 Å². The number of urea groups is 1. The molecule has 2 amide bonds. The van der Waals surface area contributed by atoms with E-state index in [1.807, 2.05) is 31.5 Å². The van der Waals surface area contributed by atoms with E-state index in [1.54, 1.807) is 6.21 Å². The van der Waals surface area contributed by atoms with Gasteiger partial charge in [-0.05, 0) is 19.9 Å². The minimum Gasteiger partial charge on any atom is -0.352 e. The van der Waals surface area contributed by atoms with Gasteiger partial charge < -0.3 is 10.3 Å². The largest absolute Gasteiger partial charge is 0.352 e. The predicted molar refractivity (Wildman–Crippen MR) is 55.2 cm³/mol. The molecule has 0 aliphatic rings. The number of aryl methyl sites for hydroxylation is 1. The van der Waals surface area contributed by atoms with Gasteiger partial charge >= 0.3 is 6.03 Å². The van der Waals surface area contributed by atoms with Gasteiger partial charge in [-0.15, -0.1) is 0 Å². The first kappa shape index (κ1) is 10.3. The fraction of sp³-hybridized carbons (Fsp3) is 0.333. The molecule has 0 aromatic carbocycles. The average molecular weight is 194 g/mol. The summed E-state index contributed by atoms with van der Waals surface area (Å²) in [5, 5.41) is 3.69. The van der Waals surface area contributed by atoms with Crippen LogP contribution in [0, 0.1) is 13.8 Å². The van der Waals surface area contributed by atoms with Crippen molar-refractivity contribution in [3.05, 3.63) is 23.0 Å². The molecule has 0 saturated heterocycles. The number of aromatic nitrogens is 1. The fourth-order valence-electron chi connectivity index (χ4n) is 1.18. The second-order valence-electron chi connectivity index (χ2n) is 3.12. The molecule has 0 saturated carbocycles. The normalized spacial score (nSPS) is 10.8. The van der Waals surface area contributed by atoms with Gasteiger partial charge in [-0.2, -0.15) is 5.10 Å².